The molecule has 0 spiro atoms. The Morgan fingerprint density at radius 3 is 2.94 bits per heavy atom. The Hall–Kier alpha value is -0.550. The smallest absolute Gasteiger partial charge is 0.0965 e. The van der Waals surface area contributed by atoms with Gasteiger partial charge in [0, 0.05) is 18.3 Å². The van der Waals surface area contributed by atoms with Crippen LogP contribution in [0, 0.1) is 0 Å². The van der Waals surface area contributed by atoms with E-state index < -0.39 is 0 Å². The first-order valence-electron chi connectivity index (χ1n) is 6.28. The van der Waals surface area contributed by atoms with Crippen LogP contribution >= 0.6 is 11.8 Å². The third-order valence-electron chi connectivity index (χ3n) is 2.96. The van der Waals surface area contributed by atoms with E-state index in [1.807, 2.05) is 22.6 Å². The summed E-state index contributed by atoms with van der Waals surface area (Å²) in [5, 5.41) is 11.9. The van der Waals surface area contributed by atoms with E-state index in [9.17, 15) is 0 Å². The van der Waals surface area contributed by atoms with Crippen molar-refractivity contribution in [2.24, 2.45) is 0 Å². The van der Waals surface area contributed by atoms with E-state index in [4.69, 9.17) is 0 Å². The van der Waals surface area contributed by atoms with Gasteiger partial charge in [-0.2, -0.15) is 11.8 Å². The zero-order valence-corrected chi connectivity index (χ0v) is 11.8. The van der Waals surface area contributed by atoms with Crippen molar-refractivity contribution >= 4 is 11.8 Å². The van der Waals surface area contributed by atoms with Crippen molar-refractivity contribution in [1.82, 2.24) is 20.3 Å². The molecule has 1 atom stereocenters. The van der Waals surface area contributed by atoms with E-state index in [1.165, 1.54) is 24.3 Å². The molecule has 0 amide bonds. The van der Waals surface area contributed by atoms with Crippen molar-refractivity contribution in [2.75, 3.05) is 11.5 Å². The molecular formula is C12H22N4S. The minimum absolute atomic E-state index is 0.0198. The van der Waals surface area contributed by atoms with Gasteiger partial charge in [0.2, 0.25) is 0 Å². The minimum Gasteiger partial charge on any atom is -0.307 e. The molecular weight excluding hydrogens is 232 g/mol. The van der Waals surface area contributed by atoms with Gasteiger partial charge >= 0.3 is 0 Å². The fourth-order valence-electron chi connectivity index (χ4n) is 1.86. The Kier molecular flexibility index (Phi) is 4.09. The van der Waals surface area contributed by atoms with E-state index in [0.29, 0.717) is 6.04 Å². The Morgan fingerprint density at radius 1 is 1.53 bits per heavy atom. The number of hydrogen-bond donors (Lipinski definition) is 1. The first-order chi connectivity index (χ1) is 8.05. The maximum absolute atomic E-state index is 4.21. The number of aromatic nitrogens is 3. The summed E-state index contributed by atoms with van der Waals surface area (Å²) in [6, 6.07) is 0.647. The molecule has 0 aliphatic carbocycles. The molecule has 1 aliphatic heterocycles. The average molecular weight is 254 g/mol. The van der Waals surface area contributed by atoms with Gasteiger partial charge in [-0.1, -0.05) is 5.21 Å². The Balaban J connectivity index is 1.84. The van der Waals surface area contributed by atoms with Crippen LogP contribution in [0.4, 0.5) is 0 Å². The third kappa shape index (κ3) is 3.71. The van der Waals surface area contributed by atoms with Gasteiger partial charge in [0.1, 0.15) is 0 Å². The average Bonchev–Trinajstić information content (AvgIpc) is 2.76. The second-order valence-electron chi connectivity index (χ2n) is 5.62. The van der Waals surface area contributed by atoms with Crippen LogP contribution in [0.1, 0.15) is 39.3 Å². The van der Waals surface area contributed by atoms with Gasteiger partial charge in [-0.3, -0.25) is 0 Å². The fraction of sp³-hybridized carbons (Fsp3) is 0.833. The molecule has 0 aromatic carbocycles. The van der Waals surface area contributed by atoms with Gasteiger partial charge in [0.05, 0.1) is 17.4 Å². The number of nitrogens with zero attached hydrogens (tertiary/aromatic N) is 3. The van der Waals surface area contributed by atoms with Gasteiger partial charge in [-0.15, -0.1) is 5.10 Å². The monoisotopic (exact) mass is 254 g/mol. The van der Waals surface area contributed by atoms with Crippen LogP contribution in [0.5, 0.6) is 0 Å². The van der Waals surface area contributed by atoms with Crippen LogP contribution in [0.3, 0.4) is 0 Å². The summed E-state index contributed by atoms with van der Waals surface area (Å²) in [5.41, 5.74) is 1.06. The molecule has 0 saturated carbocycles. The molecule has 1 aliphatic rings. The molecule has 0 radical (unpaired) electrons. The summed E-state index contributed by atoms with van der Waals surface area (Å²) in [7, 11) is 0. The number of thioether (sulfide) groups is 1. The van der Waals surface area contributed by atoms with E-state index >= 15 is 0 Å². The fourth-order valence-corrected chi connectivity index (χ4v) is 2.96. The summed E-state index contributed by atoms with van der Waals surface area (Å²) < 4.78 is 1.93. The lowest BCUT2D eigenvalue weighted by Crippen LogP contribution is -2.33. The number of nitrogens with one attached hydrogen (secondary N) is 1. The first kappa shape index (κ1) is 12.9. The summed E-state index contributed by atoms with van der Waals surface area (Å²) in [4.78, 5) is 0. The lowest BCUT2D eigenvalue weighted by Gasteiger charge is -2.22. The predicted molar refractivity (Wildman–Crippen MR) is 72.2 cm³/mol. The zero-order valence-electron chi connectivity index (χ0n) is 10.9. The number of rotatable bonds is 3. The second-order valence-corrected chi connectivity index (χ2v) is 6.77. The lowest BCUT2D eigenvalue weighted by atomic mass is 10.1. The van der Waals surface area contributed by atoms with Gasteiger partial charge < -0.3 is 5.32 Å². The van der Waals surface area contributed by atoms with Crippen molar-refractivity contribution in [1.29, 1.82) is 0 Å². The van der Waals surface area contributed by atoms with Crippen molar-refractivity contribution < 1.29 is 0 Å². The third-order valence-corrected chi connectivity index (χ3v) is 4.18. The molecule has 1 aromatic heterocycles. The molecule has 1 fully saturated rings. The molecule has 1 unspecified atom stereocenters. The zero-order chi connectivity index (χ0) is 12.3. The van der Waals surface area contributed by atoms with Crippen LogP contribution in [-0.4, -0.2) is 32.5 Å². The highest BCUT2D eigenvalue weighted by Crippen LogP contribution is 2.17. The second kappa shape index (κ2) is 5.40. The highest BCUT2D eigenvalue weighted by atomic mass is 32.2. The van der Waals surface area contributed by atoms with E-state index in [0.717, 1.165) is 12.2 Å². The summed E-state index contributed by atoms with van der Waals surface area (Å²) in [5.74, 6) is 2.55. The van der Waals surface area contributed by atoms with Crippen LogP contribution < -0.4 is 5.32 Å². The summed E-state index contributed by atoms with van der Waals surface area (Å²) in [6.45, 7) is 7.24. The van der Waals surface area contributed by atoms with E-state index in [-0.39, 0.29) is 5.54 Å². The maximum atomic E-state index is 4.21. The van der Waals surface area contributed by atoms with Crippen LogP contribution in [-0.2, 0) is 12.1 Å². The molecule has 2 rings (SSSR count). The topological polar surface area (TPSA) is 42.7 Å². The Morgan fingerprint density at radius 2 is 2.35 bits per heavy atom. The normalized spacial score (nSPS) is 21.7. The molecule has 4 nitrogen and oxygen atoms in total. The van der Waals surface area contributed by atoms with Crippen molar-refractivity contribution in [3.05, 3.63) is 11.9 Å². The molecule has 2 heterocycles. The van der Waals surface area contributed by atoms with Gasteiger partial charge in [-0.05, 0) is 39.4 Å². The Labute approximate surface area is 108 Å². The van der Waals surface area contributed by atoms with Crippen molar-refractivity contribution in [2.45, 2.75) is 51.7 Å². The quantitative estimate of drug-likeness (QED) is 0.896. The molecule has 1 saturated heterocycles. The van der Waals surface area contributed by atoms with Crippen molar-refractivity contribution in [3.63, 3.8) is 0 Å². The molecule has 1 aromatic rings. The van der Waals surface area contributed by atoms with Crippen LogP contribution in [0.15, 0.2) is 6.20 Å². The first-order valence-corrected chi connectivity index (χ1v) is 7.44. The van der Waals surface area contributed by atoms with Crippen LogP contribution in [0.25, 0.3) is 0 Å². The summed E-state index contributed by atoms with van der Waals surface area (Å²) >= 11 is 2.04. The Bertz CT molecular complexity index is 350. The highest BCUT2D eigenvalue weighted by molar-refractivity contribution is 7.99. The molecule has 0 bridgehead atoms. The SMILES string of the molecule is CC(C)(C)n1cc(CNC2CCCSC2)nn1. The van der Waals surface area contributed by atoms with Gasteiger partial charge in [0.25, 0.3) is 0 Å². The van der Waals surface area contributed by atoms with E-state index in [1.54, 1.807) is 0 Å². The predicted octanol–water partition coefficient (Wildman–Crippen LogP) is 2.02. The lowest BCUT2D eigenvalue weighted by molar-refractivity contribution is 0.347. The van der Waals surface area contributed by atoms with Crippen LogP contribution in [0.2, 0.25) is 0 Å². The van der Waals surface area contributed by atoms with Gasteiger partial charge in [0.15, 0.2) is 0 Å². The highest BCUT2D eigenvalue weighted by Gasteiger charge is 2.16. The minimum atomic E-state index is 0.0198. The molecule has 5 heteroatoms. The molecule has 17 heavy (non-hydrogen) atoms. The van der Waals surface area contributed by atoms with Gasteiger partial charge in [-0.25, -0.2) is 4.68 Å². The van der Waals surface area contributed by atoms with Crippen molar-refractivity contribution in [3.8, 4) is 0 Å². The number of hydrogen-bond acceptors (Lipinski definition) is 4. The summed E-state index contributed by atoms with van der Waals surface area (Å²) in [6.07, 6.45) is 4.67. The molecule has 96 valence electrons. The standard InChI is InChI=1S/C12H22N4S/c1-12(2,3)16-8-11(14-15-16)7-13-10-5-4-6-17-9-10/h8,10,13H,4-7,9H2,1-3H3. The maximum Gasteiger partial charge on any atom is 0.0965 e. The molecule has 1 N–H and O–H groups in total. The van der Waals surface area contributed by atoms with E-state index in [2.05, 4.69) is 36.4 Å². The largest absolute Gasteiger partial charge is 0.307 e.